The molecule has 0 atom stereocenters. The first-order valence-corrected chi connectivity index (χ1v) is 8.98. The van der Waals surface area contributed by atoms with E-state index in [1.807, 2.05) is 0 Å². The minimum absolute atomic E-state index is 0.713. The van der Waals surface area contributed by atoms with Crippen molar-refractivity contribution in [2.24, 2.45) is 5.92 Å². The van der Waals surface area contributed by atoms with Gasteiger partial charge in [-0.2, -0.15) is 0 Å². The molecule has 0 radical (unpaired) electrons. The van der Waals surface area contributed by atoms with Gasteiger partial charge in [0.05, 0.1) is 0 Å². The van der Waals surface area contributed by atoms with E-state index in [1.165, 1.54) is 25.7 Å². The van der Waals surface area contributed by atoms with E-state index in [1.54, 1.807) is 21.3 Å². The summed E-state index contributed by atoms with van der Waals surface area (Å²) in [5, 5.41) is 3.64. The molecular formula is C13H29NO3Si. The highest BCUT2D eigenvalue weighted by atomic mass is 28.4. The van der Waals surface area contributed by atoms with Gasteiger partial charge >= 0.3 is 8.80 Å². The lowest BCUT2D eigenvalue weighted by Gasteiger charge is -2.28. The van der Waals surface area contributed by atoms with Crippen LogP contribution in [0.4, 0.5) is 0 Å². The van der Waals surface area contributed by atoms with E-state index in [9.17, 15) is 0 Å². The molecule has 1 fully saturated rings. The molecule has 4 nitrogen and oxygen atoms in total. The molecular weight excluding hydrogens is 246 g/mol. The van der Waals surface area contributed by atoms with Crippen LogP contribution in [0.5, 0.6) is 0 Å². The highest BCUT2D eigenvalue weighted by Gasteiger charge is 2.36. The van der Waals surface area contributed by atoms with Gasteiger partial charge in [-0.05, 0) is 44.6 Å². The van der Waals surface area contributed by atoms with Crippen LogP contribution < -0.4 is 5.32 Å². The van der Waals surface area contributed by atoms with Crippen molar-refractivity contribution in [3.8, 4) is 0 Å². The van der Waals surface area contributed by atoms with Crippen molar-refractivity contribution in [3.05, 3.63) is 0 Å². The van der Waals surface area contributed by atoms with Crippen LogP contribution in [0.1, 0.15) is 39.0 Å². The van der Waals surface area contributed by atoms with Crippen molar-refractivity contribution >= 4 is 8.80 Å². The smallest absolute Gasteiger partial charge is 0.377 e. The van der Waals surface area contributed by atoms with Gasteiger partial charge in [-0.25, -0.2) is 0 Å². The zero-order chi connectivity index (χ0) is 13.4. The zero-order valence-corrected chi connectivity index (χ0v) is 13.3. The molecule has 1 N–H and O–H groups in total. The van der Waals surface area contributed by atoms with Crippen LogP contribution >= 0.6 is 0 Å². The molecule has 18 heavy (non-hydrogen) atoms. The number of rotatable bonds is 8. The van der Waals surface area contributed by atoms with Gasteiger partial charge in [0.2, 0.25) is 0 Å². The Bertz CT molecular complexity index is 208. The molecule has 0 aliphatic heterocycles. The quantitative estimate of drug-likeness (QED) is 0.545. The van der Waals surface area contributed by atoms with Crippen LogP contribution in [-0.2, 0) is 13.3 Å². The van der Waals surface area contributed by atoms with Gasteiger partial charge in [0.15, 0.2) is 0 Å². The van der Waals surface area contributed by atoms with E-state index < -0.39 is 8.80 Å². The van der Waals surface area contributed by atoms with Gasteiger partial charge < -0.3 is 18.6 Å². The average molecular weight is 275 g/mol. The standard InChI is InChI=1S/C13H29NO3Si/c1-12-6-8-13(9-7-12)14-10-5-11-18(15-2,16-3)17-4/h12-14H,5-11H2,1-4H3. The third-order valence-corrected chi connectivity index (χ3v) is 6.87. The third-order valence-electron chi connectivity index (χ3n) is 4.04. The van der Waals surface area contributed by atoms with Crippen LogP contribution in [0, 0.1) is 5.92 Å². The zero-order valence-electron chi connectivity index (χ0n) is 12.3. The Balaban J connectivity index is 2.14. The molecule has 5 heteroatoms. The van der Waals surface area contributed by atoms with E-state index in [2.05, 4.69) is 12.2 Å². The average Bonchev–Trinajstić information content (AvgIpc) is 2.42. The van der Waals surface area contributed by atoms with Gasteiger partial charge in [0.25, 0.3) is 0 Å². The van der Waals surface area contributed by atoms with Gasteiger partial charge in [-0.15, -0.1) is 0 Å². The SMILES string of the molecule is CO[Si](CCCNC1CCC(C)CC1)(OC)OC. The Kier molecular flexibility index (Phi) is 7.40. The van der Waals surface area contributed by atoms with Crippen molar-refractivity contribution in [2.75, 3.05) is 27.9 Å². The van der Waals surface area contributed by atoms with Gasteiger partial charge in [0.1, 0.15) is 0 Å². The summed E-state index contributed by atoms with van der Waals surface area (Å²) in [5.74, 6) is 0.915. The number of nitrogens with one attached hydrogen (secondary N) is 1. The molecule has 0 aromatic heterocycles. The molecule has 0 heterocycles. The van der Waals surface area contributed by atoms with E-state index in [-0.39, 0.29) is 0 Å². The topological polar surface area (TPSA) is 39.7 Å². The molecule has 1 aliphatic carbocycles. The van der Waals surface area contributed by atoms with Crippen molar-refractivity contribution in [1.29, 1.82) is 0 Å². The second-order valence-electron chi connectivity index (χ2n) is 5.31. The van der Waals surface area contributed by atoms with Gasteiger partial charge in [0, 0.05) is 33.4 Å². The van der Waals surface area contributed by atoms with Crippen LogP contribution in [0.2, 0.25) is 6.04 Å². The number of hydrogen-bond acceptors (Lipinski definition) is 4. The molecule has 0 bridgehead atoms. The first kappa shape index (κ1) is 16.1. The summed E-state index contributed by atoms with van der Waals surface area (Å²) in [6.45, 7) is 3.38. The van der Waals surface area contributed by atoms with Crippen molar-refractivity contribution in [1.82, 2.24) is 5.32 Å². The Hall–Kier alpha value is 0.0569. The van der Waals surface area contributed by atoms with Crippen LogP contribution in [0.25, 0.3) is 0 Å². The maximum Gasteiger partial charge on any atom is 0.500 e. The van der Waals surface area contributed by atoms with Crippen molar-refractivity contribution in [3.63, 3.8) is 0 Å². The van der Waals surface area contributed by atoms with Crippen LogP contribution in [0.15, 0.2) is 0 Å². The fourth-order valence-corrected chi connectivity index (χ4v) is 4.35. The predicted octanol–water partition coefficient (Wildman–Crippen LogP) is 2.42. The molecule has 0 saturated heterocycles. The van der Waals surface area contributed by atoms with E-state index in [0.717, 1.165) is 24.9 Å². The highest BCUT2D eigenvalue weighted by molar-refractivity contribution is 6.60. The Morgan fingerprint density at radius 2 is 1.56 bits per heavy atom. The molecule has 0 aromatic carbocycles. The first-order valence-electron chi connectivity index (χ1n) is 7.04. The largest absolute Gasteiger partial charge is 0.500 e. The first-order chi connectivity index (χ1) is 8.65. The van der Waals surface area contributed by atoms with Crippen LogP contribution in [0.3, 0.4) is 0 Å². The highest BCUT2D eigenvalue weighted by Crippen LogP contribution is 2.23. The van der Waals surface area contributed by atoms with Crippen molar-refractivity contribution < 1.29 is 13.3 Å². The maximum atomic E-state index is 5.41. The molecule has 1 rings (SSSR count). The summed E-state index contributed by atoms with van der Waals surface area (Å²) in [6.07, 6.45) is 6.42. The molecule has 0 spiro atoms. The van der Waals surface area contributed by atoms with Crippen LogP contribution in [-0.4, -0.2) is 42.7 Å². The molecule has 0 unspecified atom stereocenters. The summed E-state index contributed by atoms with van der Waals surface area (Å²) in [4.78, 5) is 0. The van der Waals surface area contributed by atoms with E-state index >= 15 is 0 Å². The maximum absolute atomic E-state index is 5.41. The lowest BCUT2D eigenvalue weighted by molar-refractivity contribution is 0.123. The second kappa shape index (κ2) is 8.27. The molecule has 1 saturated carbocycles. The van der Waals surface area contributed by atoms with E-state index in [4.69, 9.17) is 13.3 Å². The summed E-state index contributed by atoms with van der Waals surface area (Å²) in [5.41, 5.74) is 0. The summed E-state index contributed by atoms with van der Waals surface area (Å²) < 4.78 is 16.2. The molecule has 0 aromatic rings. The van der Waals surface area contributed by atoms with Crippen molar-refractivity contribution in [2.45, 2.75) is 51.1 Å². The summed E-state index contributed by atoms with van der Waals surface area (Å²) >= 11 is 0. The van der Waals surface area contributed by atoms with E-state index in [0.29, 0.717) is 6.04 Å². The fourth-order valence-electron chi connectivity index (χ4n) is 2.63. The van der Waals surface area contributed by atoms with Gasteiger partial charge in [-0.1, -0.05) is 6.92 Å². The lowest BCUT2D eigenvalue weighted by Crippen LogP contribution is -2.43. The monoisotopic (exact) mass is 275 g/mol. The minimum atomic E-state index is -2.36. The third kappa shape index (κ3) is 4.97. The molecule has 108 valence electrons. The summed E-state index contributed by atoms with van der Waals surface area (Å²) in [7, 11) is 2.67. The Morgan fingerprint density at radius 1 is 1.00 bits per heavy atom. The number of hydrogen-bond donors (Lipinski definition) is 1. The normalized spacial score (nSPS) is 25.3. The molecule has 0 amide bonds. The van der Waals surface area contributed by atoms with Gasteiger partial charge in [-0.3, -0.25) is 0 Å². The fraction of sp³-hybridized carbons (Fsp3) is 1.00. The Morgan fingerprint density at radius 3 is 2.06 bits per heavy atom. The Labute approximate surface area is 113 Å². The molecule has 1 aliphatic rings. The second-order valence-corrected chi connectivity index (χ2v) is 8.40. The summed E-state index contributed by atoms with van der Waals surface area (Å²) in [6, 6.07) is 1.59. The lowest BCUT2D eigenvalue weighted by atomic mass is 9.87. The predicted molar refractivity (Wildman–Crippen MR) is 75.6 cm³/mol. The minimum Gasteiger partial charge on any atom is -0.377 e.